The molecule has 0 saturated carbocycles. The topological polar surface area (TPSA) is 124 Å². The number of rotatable bonds is 8. The summed E-state index contributed by atoms with van der Waals surface area (Å²) in [6.07, 6.45) is 0. The fourth-order valence-electron chi connectivity index (χ4n) is 3.31. The maximum Gasteiger partial charge on any atom is 0.357 e. The van der Waals surface area contributed by atoms with Gasteiger partial charge in [-0.2, -0.15) is 5.10 Å². The van der Waals surface area contributed by atoms with Gasteiger partial charge in [-0.25, -0.2) is 9.48 Å². The van der Waals surface area contributed by atoms with Crippen molar-refractivity contribution in [2.75, 3.05) is 12.4 Å². The molecule has 0 fully saturated rings. The molecule has 34 heavy (non-hydrogen) atoms. The average Bonchev–Trinajstić information content (AvgIpc) is 3.42. The largest absolute Gasteiger partial charge is 0.461 e. The van der Waals surface area contributed by atoms with Gasteiger partial charge >= 0.3 is 5.97 Å². The van der Waals surface area contributed by atoms with Crippen molar-refractivity contribution in [3.8, 4) is 22.9 Å². The van der Waals surface area contributed by atoms with E-state index in [0.29, 0.717) is 21.7 Å². The van der Waals surface area contributed by atoms with Gasteiger partial charge in [-0.1, -0.05) is 53.6 Å². The number of halogens is 1. The maximum atomic E-state index is 13.0. The highest BCUT2D eigenvalue weighted by molar-refractivity contribution is 7.99. The van der Waals surface area contributed by atoms with Crippen LogP contribution in [0.4, 0.5) is 5.69 Å². The van der Waals surface area contributed by atoms with Gasteiger partial charge in [-0.3, -0.25) is 4.57 Å². The molecular weight excluding hydrogens is 476 g/mol. The fourth-order valence-corrected chi connectivity index (χ4v) is 4.11. The molecule has 2 aromatic heterocycles. The smallest absolute Gasteiger partial charge is 0.357 e. The Kier molecular flexibility index (Phi) is 7.17. The Bertz CT molecular complexity index is 1360. The molecule has 0 aliphatic heterocycles. The van der Waals surface area contributed by atoms with Crippen molar-refractivity contribution in [3.05, 3.63) is 75.8 Å². The number of carbonyl (C=O) groups excluding carboxylic acids is 1. The zero-order valence-electron chi connectivity index (χ0n) is 18.3. The molecule has 2 aromatic carbocycles. The highest BCUT2D eigenvalue weighted by atomic mass is 35.5. The lowest BCUT2D eigenvalue weighted by Gasteiger charge is -2.08. The minimum atomic E-state index is -0.687. The van der Waals surface area contributed by atoms with Crippen molar-refractivity contribution in [2.45, 2.75) is 19.0 Å². The monoisotopic (exact) mass is 494 g/mol. The molecule has 0 spiro atoms. The van der Waals surface area contributed by atoms with Crippen LogP contribution in [0.15, 0.2) is 64.9 Å². The van der Waals surface area contributed by atoms with Crippen LogP contribution in [-0.2, 0) is 4.74 Å². The Balaban J connectivity index is 2.03. The van der Waals surface area contributed by atoms with E-state index in [9.17, 15) is 10.3 Å². The molecule has 2 heterocycles. The first-order valence-corrected chi connectivity index (χ1v) is 11.7. The van der Waals surface area contributed by atoms with Gasteiger partial charge in [0.25, 0.3) is 0 Å². The summed E-state index contributed by atoms with van der Waals surface area (Å²) in [5.41, 5.74) is 10.8. The van der Waals surface area contributed by atoms with Crippen LogP contribution >= 0.6 is 23.4 Å². The second-order valence-corrected chi connectivity index (χ2v) is 8.42. The lowest BCUT2D eigenvalue weighted by molar-refractivity contribution is 0.0517. The Morgan fingerprint density at radius 2 is 1.85 bits per heavy atom. The minimum absolute atomic E-state index is 0.00599. The van der Waals surface area contributed by atoms with Crippen LogP contribution in [0.1, 0.15) is 24.3 Å². The molecule has 12 heteroatoms. The Labute approximate surface area is 204 Å². The Hall–Kier alpha value is -3.79. The molecule has 4 aromatic rings. The number of para-hydroxylation sites is 1. The lowest BCUT2D eigenvalue weighted by atomic mass is 10.2. The average molecular weight is 495 g/mol. The molecule has 4 rings (SSSR count). The van der Waals surface area contributed by atoms with E-state index in [-0.39, 0.29) is 23.7 Å². The summed E-state index contributed by atoms with van der Waals surface area (Å²) in [4.78, 5) is 15.9. The van der Waals surface area contributed by atoms with E-state index in [2.05, 4.69) is 25.3 Å². The quantitative estimate of drug-likeness (QED) is 0.0971. The van der Waals surface area contributed by atoms with Gasteiger partial charge in [0.05, 0.1) is 12.3 Å². The number of ether oxygens (including phenoxy) is 1. The molecule has 0 radical (unpaired) electrons. The van der Waals surface area contributed by atoms with Gasteiger partial charge in [-0.15, -0.1) is 10.2 Å². The summed E-state index contributed by atoms with van der Waals surface area (Å²) in [5, 5.41) is 18.3. The van der Waals surface area contributed by atoms with E-state index in [1.165, 1.54) is 16.4 Å². The number of aromatic nitrogens is 5. The van der Waals surface area contributed by atoms with Crippen molar-refractivity contribution in [2.24, 2.45) is 5.11 Å². The van der Waals surface area contributed by atoms with Gasteiger partial charge in [0.1, 0.15) is 11.4 Å². The summed E-state index contributed by atoms with van der Waals surface area (Å²) >= 11 is 7.54. The first kappa shape index (κ1) is 23.4. The maximum absolute atomic E-state index is 13.0. The van der Waals surface area contributed by atoms with Crippen LogP contribution in [-0.4, -0.2) is 42.9 Å². The van der Waals surface area contributed by atoms with Crippen LogP contribution in [0, 0.1) is 0 Å². The first-order valence-electron chi connectivity index (χ1n) is 10.3. The summed E-state index contributed by atoms with van der Waals surface area (Å²) in [5.74, 6) is 0.400. The number of esters is 1. The number of hydrogen-bond acceptors (Lipinski definition) is 7. The molecule has 0 bridgehead atoms. The zero-order chi connectivity index (χ0) is 24.1. The highest BCUT2D eigenvalue weighted by Crippen LogP contribution is 2.37. The molecule has 0 amide bonds. The molecule has 0 unspecified atom stereocenters. The summed E-state index contributed by atoms with van der Waals surface area (Å²) in [7, 11) is 0. The highest BCUT2D eigenvalue weighted by Gasteiger charge is 2.29. The zero-order valence-corrected chi connectivity index (χ0v) is 19.9. The Morgan fingerprint density at radius 1 is 1.12 bits per heavy atom. The van der Waals surface area contributed by atoms with Crippen LogP contribution in [0.2, 0.25) is 5.02 Å². The van der Waals surface area contributed by atoms with Gasteiger partial charge in [0, 0.05) is 15.6 Å². The molecule has 172 valence electrons. The third-order valence-corrected chi connectivity index (χ3v) is 5.74. The molecular formula is C22H19ClN8O2S. The SMILES string of the molecule is CCOC(=O)c1c(N=[N+]=[N-])c(-c2nnc(SCC)n2-c2ccccc2)nn1-c1ccc(Cl)cc1. The number of benzene rings is 2. The second kappa shape index (κ2) is 10.4. The van der Waals surface area contributed by atoms with Crippen molar-refractivity contribution in [3.63, 3.8) is 0 Å². The molecule has 0 N–H and O–H groups in total. The summed E-state index contributed by atoms with van der Waals surface area (Å²) in [6.45, 7) is 3.83. The van der Waals surface area contributed by atoms with Crippen LogP contribution < -0.4 is 0 Å². The van der Waals surface area contributed by atoms with E-state index < -0.39 is 5.97 Å². The first-order chi connectivity index (χ1) is 16.6. The van der Waals surface area contributed by atoms with Crippen molar-refractivity contribution < 1.29 is 9.53 Å². The number of nitrogens with zero attached hydrogens (tertiary/aromatic N) is 8. The fraction of sp³-hybridized carbons (Fsp3) is 0.182. The third kappa shape index (κ3) is 4.49. The molecule has 10 nitrogen and oxygen atoms in total. The summed E-state index contributed by atoms with van der Waals surface area (Å²) in [6, 6.07) is 16.2. The van der Waals surface area contributed by atoms with E-state index in [1.54, 1.807) is 31.2 Å². The van der Waals surface area contributed by atoms with Gasteiger partial charge < -0.3 is 4.74 Å². The molecule has 0 aliphatic rings. The van der Waals surface area contributed by atoms with Crippen LogP contribution in [0.5, 0.6) is 0 Å². The van der Waals surface area contributed by atoms with E-state index in [1.807, 2.05) is 41.8 Å². The van der Waals surface area contributed by atoms with Crippen LogP contribution in [0.3, 0.4) is 0 Å². The number of carbonyl (C=O) groups is 1. The predicted molar refractivity (Wildman–Crippen MR) is 130 cm³/mol. The third-order valence-electron chi connectivity index (χ3n) is 4.68. The molecule has 0 atom stereocenters. The normalized spacial score (nSPS) is 10.7. The molecule has 0 aliphatic carbocycles. The molecule has 0 saturated heterocycles. The minimum Gasteiger partial charge on any atom is -0.461 e. The van der Waals surface area contributed by atoms with Gasteiger partial charge in [-0.05, 0) is 54.6 Å². The van der Waals surface area contributed by atoms with E-state index in [4.69, 9.17) is 16.3 Å². The van der Waals surface area contributed by atoms with Crippen LogP contribution in [0.25, 0.3) is 33.3 Å². The van der Waals surface area contributed by atoms with E-state index in [0.717, 1.165) is 11.4 Å². The van der Waals surface area contributed by atoms with Crippen molar-refractivity contribution in [1.29, 1.82) is 0 Å². The summed E-state index contributed by atoms with van der Waals surface area (Å²) < 4.78 is 8.43. The van der Waals surface area contributed by atoms with Crippen molar-refractivity contribution >= 4 is 35.0 Å². The number of azide groups is 1. The predicted octanol–water partition coefficient (Wildman–Crippen LogP) is 6.00. The Morgan fingerprint density at radius 3 is 2.50 bits per heavy atom. The van der Waals surface area contributed by atoms with Gasteiger partial charge in [0.2, 0.25) is 0 Å². The van der Waals surface area contributed by atoms with Crippen molar-refractivity contribution in [1.82, 2.24) is 24.5 Å². The second-order valence-electron chi connectivity index (χ2n) is 6.75. The standard InChI is InChI=1S/C22H19ClN8O2S/c1-3-33-21(32)19-17(25-29-24)18(28-31(19)16-12-10-14(23)11-13-16)20-26-27-22(34-4-2)30(20)15-8-6-5-7-9-15/h5-13H,3-4H2,1-2H3. The number of thioether (sulfide) groups is 1. The number of hydrogen-bond donors (Lipinski definition) is 0. The van der Waals surface area contributed by atoms with Gasteiger partial charge in [0.15, 0.2) is 16.7 Å². The van der Waals surface area contributed by atoms with E-state index >= 15 is 0 Å². The lowest BCUT2D eigenvalue weighted by Crippen LogP contribution is -2.12.